The maximum atomic E-state index is 15.2. The molecule has 0 radical (unpaired) electrons. The first-order chi connectivity index (χ1) is 18.6. The minimum atomic E-state index is -0.734. The lowest BCUT2D eigenvalue weighted by atomic mass is 9.68. The third kappa shape index (κ3) is 4.48. The van der Waals surface area contributed by atoms with Crippen LogP contribution in [0.25, 0.3) is 5.69 Å². The zero-order chi connectivity index (χ0) is 27.5. The Morgan fingerprint density at radius 3 is 2.56 bits per heavy atom. The quantitative estimate of drug-likeness (QED) is 0.349. The van der Waals surface area contributed by atoms with Crippen molar-refractivity contribution in [1.82, 2.24) is 15.1 Å². The van der Waals surface area contributed by atoms with Crippen molar-refractivity contribution in [3.8, 4) is 5.69 Å². The molecule has 1 aromatic heterocycles. The number of nitrogens with zero attached hydrogens (tertiary/aromatic N) is 2. The number of rotatable bonds is 5. The Morgan fingerprint density at radius 2 is 1.85 bits per heavy atom. The van der Waals surface area contributed by atoms with Crippen LogP contribution in [0.5, 0.6) is 0 Å². The van der Waals surface area contributed by atoms with Gasteiger partial charge in [0.15, 0.2) is 11.5 Å². The number of fused-ring (bicyclic) bond motifs is 3. The maximum absolute atomic E-state index is 15.2. The van der Waals surface area contributed by atoms with Gasteiger partial charge in [-0.2, -0.15) is 5.10 Å². The van der Waals surface area contributed by atoms with Gasteiger partial charge in [0.1, 0.15) is 17.3 Å². The van der Waals surface area contributed by atoms with E-state index in [1.807, 2.05) is 6.07 Å². The molecule has 2 bridgehead atoms. The molecular weight excluding hydrogens is 499 g/mol. The third-order valence-corrected chi connectivity index (χ3v) is 9.91. The predicted molar refractivity (Wildman–Crippen MR) is 144 cm³/mol. The molecule has 2 aromatic carbocycles. The number of hydrogen-bond donors (Lipinski definition) is 1. The van der Waals surface area contributed by atoms with Crippen LogP contribution in [0.1, 0.15) is 92.5 Å². The molecule has 1 N–H and O–H groups in total. The van der Waals surface area contributed by atoms with Gasteiger partial charge < -0.3 is 5.32 Å². The number of carbonyl (C=O) groups excluding carboxylic acids is 1. The second-order valence-corrected chi connectivity index (χ2v) is 12.8. The lowest BCUT2D eigenvalue weighted by Crippen LogP contribution is -2.52. The van der Waals surface area contributed by atoms with Crippen LogP contribution in [0, 0.1) is 34.2 Å². The molecule has 0 spiro atoms. The molecule has 3 aliphatic rings. The van der Waals surface area contributed by atoms with Crippen molar-refractivity contribution in [2.24, 2.45) is 16.7 Å². The second-order valence-electron chi connectivity index (χ2n) is 12.8. The van der Waals surface area contributed by atoms with Gasteiger partial charge in [-0.1, -0.05) is 39.3 Å². The Kier molecular flexibility index (Phi) is 6.39. The normalized spacial score (nSPS) is 27.3. The van der Waals surface area contributed by atoms with Gasteiger partial charge in [-0.3, -0.25) is 4.79 Å². The molecule has 4 atom stereocenters. The number of carbonyl (C=O) groups is 1. The number of hydrogen-bond acceptors (Lipinski definition) is 2. The topological polar surface area (TPSA) is 46.9 Å². The standard InChI is InChI=1S/C32H36F3N3O/c1-31(2)21-13-14-32(3,18-21)30(31)36-29(39)27-24-10-5-4-8-20(15-19-7-6-9-22(33)16-19)28(24)38(37-27)26-12-11-23(34)17-25(26)35/h6-7,9,11-12,16-17,20-21,30H,4-5,8,10,13-15,18H2,1-3H3,(H,36,39)/t20?,21?,30-,32?/m1/s1. The Bertz CT molecular complexity index is 1430. The average molecular weight is 536 g/mol. The van der Waals surface area contributed by atoms with Gasteiger partial charge in [-0.15, -0.1) is 0 Å². The number of halogens is 3. The van der Waals surface area contributed by atoms with Crippen molar-refractivity contribution in [2.45, 2.75) is 84.1 Å². The molecule has 4 nitrogen and oxygen atoms in total. The molecule has 206 valence electrons. The predicted octanol–water partition coefficient (Wildman–Crippen LogP) is 7.29. The number of benzene rings is 2. The summed E-state index contributed by atoms with van der Waals surface area (Å²) in [6.07, 6.45) is 7.17. The molecule has 2 saturated carbocycles. The molecular formula is C32H36F3N3O. The van der Waals surface area contributed by atoms with Crippen molar-refractivity contribution < 1.29 is 18.0 Å². The van der Waals surface area contributed by atoms with Crippen LogP contribution in [-0.4, -0.2) is 21.7 Å². The lowest BCUT2D eigenvalue weighted by Gasteiger charge is -2.43. The highest BCUT2D eigenvalue weighted by atomic mass is 19.1. The Morgan fingerprint density at radius 1 is 1.05 bits per heavy atom. The smallest absolute Gasteiger partial charge is 0.272 e. The fourth-order valence-corrected chi connectivity index (χ4v) is 7.99. The van der Waals surface area contributed by atoms with Gasteiger partial charge in [-0.25, -0.2) is 17.9 Å². The number of amides is 1. The van der Waals surface area contributed by atoms with E-state index in [1.54, 1.807) is 6.07 Å². The van der Waals surface area contributed by atoms with Crippen molar-refractivity contribution in [3.63, 3.8) is 0 Å². The monoisotopic (exact) mass is 535 g/mol. The first-order valence-corrected chi connectivity index (χ1v) is 14.2. The van der Waals surface area contributed by atoms with E-state index in [0.29, 0.717) is 24.5 Å². The molecule has 3 aromatic rings. The molecule has 3 aliphatic carbocycles. The summed E-state index contributed by atoms with van der Waals surface area (Å²) in [5.41, 5.74) is 2.89. The molecule has 6 rings (SSSR count). The zero-order valence-corrected chi connectivity index (χ0v) is 22.9. The van der Waals surface area contributed by atoms with Crippen LogP contribution in [0.2, 0.25) is 0 Å². The van der Waals surface area contributed by atoms with Gasteiger partial charge in [-0.05, 0) is 91.5 Å². The molecule has 3 unspecified atom stereocenters. The van der Waals surface area contributed by atoms with Gasteiger partial charge >= 0.3 is 0 Å². The summed E-state index contributed by atoms with van der Waals surface area (Å²) in [5, 5.41) is 8.12. The molecule has 0 aliphatic heterocycles. The van der Waals surface area contributed by atoms with Crippen molar-refractivity contribution in [2.75, 3.05) is 0 Å². The second kappa shape index (κ2) is 9.53. The number of aromatic nitrogens is 2. The summed E-state index contributed by atoms with van der Waals surface area (Å²) in [4.78, 5) is 14.0. The Labute approximate surface area is 228 Å². The van der Waals surface area contributed by atoms with E-state index in [4.69, 9.17) is 5.10 Å². The summed E-state index contributed by atoms with van der Waals surface area (Å²) in [6.45, 7) is 6.76. The Balaban J connectivity index is 1.44. The fourth-order valence-electron chi connectivity index (χ4n) is 7.99. The van der Waals surface area contributed by atoms with Gasteiger partial charge in [0.2, 0.25) is 0 Å². The van der Waals surface area contributed by atoms with E-state index in [0.717, 1.165) is 55.0 Å². The van der Waals surface area contributed by atoms with Crippen molar-refractivity contribution in [1.29, 1.82) is 0 Å². The van der Waals surface area contributed by atoms with Crippen LogP contribution >= 0.6 is 0 Å². The SMILES string of the molecule is CC12CCC(C1)C(C)(C)[C@H]2NC(=O)c1nn(-c2ccc(F)cc2F)c2c1CCCCC2Cc1cccc(F)c1. The molecule has 0 saturated heterocycles. The molecule has 1 heterocycles. The fraction of sp³-hybridized carbons (Fsp3) is 0.500. The van der Waals surface area contributed by atoms with Gasteiger partial charge in [0.05, 0.1) is 5.69 Å². The minimum absolute atomic E-state index is 0.0217. The molecule has 39 heavy (non-hydrogen) atoms. The van der Waals surface area contributed by atoms with E-state index in [2.05, 4.69) is 26.1 Å². The van der Waals surface area contributed by atoms with Crippen LogP contribution < -0.4 is 5.32 Å². The summed E-state index contributed by atoms with van der Waals surface area (Å²) >= 11 is 0. The summed E-state index contributed by atoms with van der Waals surface area (Å²) < 4.78 is 44.6. The lowest BCUT2D eigenvalue weighted by molar-refractivity contribution is 0.0732. The molecule has 1 amide bonds. The average Bonchev–Trinajstić information content (AvgIpc) is 3.45. The van der Waals surface area contributed by atoms with Gasteiger partial charge in [0, 0.05) is 23.6 Å². The Hall–Kier alpha value is -3.09. The highest BCUT2D eigenvalue weighted by molar-refractivity contribution is 5.94. The largest absolute Gasteiger partial charge is 0.347 e. The van der Waals surface area contributed by atoms with Crippen LogP contribution in [0.15, 0.2) is 42.5 Å². The molecule has 2 fully saturated rings. The van der Waals surface area contributed by atoms with Crippen LogP contribution in [0.3, 0.4) is 0 Å². The van der Waals surface area contributed by atoms with E-state index in [-0.39, 0.29) is 40.2 Å². The first-order valence-electron chi connectivity index (χ1n) is 14.2. The van der Waals surface area contributed by atoms with Crippen LogP contribution in [0.4, 0.5) is 13.2 Å². The summed E-state index contributed by atoms with van der Waals surface area (Å²) in [6, 6.07) is 9.98. The number of nitrogens with one attached hydrogen (secondary N) is 1. The van der Waals surface area contributed by atoms with E-state index in [9.17, 15) is 13.6 Å². The summed E-state index contributed by atoms with van der Waals surface area (Å²) in [7, 11) is 0. The zero-order valence-electron chi connectivity index (χ0n) is 22.9. The highest BCUT2D eigenvalue weighted by Crippen LogP contribution is 2.62. The third-order valence-electron chi connectivity index (χ3n) is 9.91. The summed E-state index contributed by atoms with van der Waals surface area (Å²) in [5.74, 6) is -1.46. The van der Waals surface area contributed by atoms with Crippen molar-refractivity contribution in [3.05, 3.63) is 82.4 Å². The minimum Gasteiger partial charge on any atom is -0.347 e. The van der Waals surface area contributed by atoms with Crippen molar-refractivity contribution >= 4 is 5.91 Å². The van der Waals surface area contributed by atoms with E-state index in [1.165, 1.54) is 35.4 Å². The first kappa shape index (κ1) is 26.1. The van der Waals surface area contributed by atoms with Crippen LogP contribution in [-0.2, 0) is 12.8 Å². The van der Waals surface area contributed by atoms with E-state index >= 15 is 4.39 Å². The molecule has 7 heteroatoms. The highest BCUT2D eigenvalue weighted by Gasteiger charge is 2.59. The van der Waals surface area contributed by atoms with E-state index < -0.39 is 11.6 Å². The maximum Gasteiger partial charge on any atom is 0.272 e. The van der Waals surface area contributed by atoms with Gasteiger partial charge in [0.25, 0.3) is 5.91 Å².